The fourth-order valence-corrected chi connectivity index (χ4v) is 4.27. The van der Waals surface area contributed by atoms with Crippen LogP contribution in [0.15, 0.2) is 84.9 Å². The summed E-state index contributed by atoms with van der Waals surface area (Å²) in [5, 5.41) is 24.9. The molecule has 6 heteroatoms. The highest BCUT2D eigenvalue weighted by Gasteiger charge is 2.21. The number of nitriles is 1. The summed E-state index contributed by atoms with van der Waals surface area (Å²) >= 11 is 0. The van der Waals surface area contributed by atoms with Crippen LogP contribution < -0.4 is 5.32 Å². The van der Waals surface area contributed by atoms with Crippen molar-refractivity contribution in [2.75, 3.05) is 5.32 Å². The maximum absolute atomic E-state index is 14.0. The van der Waals surface area contributed by atoms with E-state index in [1.165, 1.54) is 25.1 Å². The summed E-state index contributed by atoms with van der Waals surface area (Å²) in [7, 11) is 0. The Bertz CT molecular complexity index is 1630. The topological polar surface area (TPSA) is 86.0 Å². The number of carbonyl (C=O) groups is 1. The van der Waals surface area contributed by atoms with Crippen molar-refractivity contribution >= 4 is 33.3 Å². The number of anilines is 1. The molecule has 0 aliphatic heterocycles. The minimum Gasteiger partial charge on any atom is -0.480 e. The SMILES string of the molecule is CC(Nc1c(C#N)c(-c2ccc(-c3cccc4ccccc34)cc2)nc2ccc(F)cc12)C(=O)O. The number of carboxylic acid groups (broad SMARTS) is 1. The maximum atomic E-state index is 14.0. The first kappa shape index (κ1) is 22.1. The molecule has 2 N–H and O–H groups in total. The standard InChI is InChI=1S/C29H20FN3O2/c1-17(29(34)35)32-28-24-15-21(30)13-14-26(24)33-27(25(28)16-31)20-11-9-19(10-12-20)23-8-4-6-18-5-2-3-7-22(18)23/h2-15,17H,1H3,(H,32,33)(H,34,35). The second-order valence-electron chi connectivity index (χ2n) is 8.29. The van der Waals surface area contributed by atoms with Crippen LogP contribution in [-0.4, -0.2) is 22.1 Å². The smallest absolute Gasteiger partial charge is 0.325 e. The van der Waals surface area contributed by atoms with Crippen LogP contribution in [0.5, 0.6) is 0 Å². The molecule has 0 spiro atoms. The molecule has 1 heterocycles. The summed E-state index contributed by atoms with van der Waals surface area (Å²) in [6.45, 7) is 1.47. The van der Waals surface area contributed by atoms with Crippen LogP contribution in [-0.2, 0) is 4.79 Å². The number of hydrogen-bond acceptors (Lipinski definition) is 4. The van der Waals surface area contributed by atoms with Crippen molar-refractivity contribution in [3.8, 4) is 28.5 Å². The summed E-state index contributed by atoms with van der Waals surface area (Å²) in [5.41, 5.74) is 4.08. The van der Waals surface area contributed by atoms with E-state index in [2.05, 4.69) is 40.6 Å². The minimum atomic E-state index is -1.09. The van der Waals surface area contributed by atoms with Gasteiger partial charge in [-0.25, -0.2) is 9.37 Å². The van der Waals surface area contributed by atoms with Gasteiger partial charge in [-0.2, -0.15) is 5.26 Å². The second kappa shape index (κ2) is 8.88. The Morgan fingerprint density at radius 3 is 2.43 bits per heavy atom. The number of pyridine rings is 1. The monoisotopic (exact) mass is 461 g/mol. The molecule has 170 valence electrons. The molecule has 0 saturated carbocycles. The molecule has 0 fully saturated rings. The van der Waals surface area contributed by atoms with Crippen molar-refractivity contribution in [3.05, 3.63) is 96.3 Å². The van der Waals surface area contributed by atoms with Gasteiger partial charge in [-0.15, -0.1) is 0 Å². The normalized spacial score (nSPS) is 11.8. The van der Waals surface area contributed by atoms with Crippen molar-refractivity contribution in [1.29, 1.82) is 5.26 Å². The lowest BCUT2D eigenvalue weighted by Crippen LogP contribution is -2.26. The molecule has 0 radical (unpaired) electrons. The lowest BCUT2D eigenvalue weighted by Gasteiger charge is -2.17. The largest absolute Gasteiger partial charge is 0.480 e. The highest BCUT2D eigenvalue weighted by molar-refractivity contribution is 6.00. The molecule has 4 aromatic carbocycles. The summed E-state index contributed by atoms with van der Waals surface area (Å²) in [6.07, 6.45) is 0. The van der Waals surface area contributed by atoms with Crippen LogP contribution in [0.2, 0.25) is 0 Å². The van der Waals surface area contributed by atoms with Crippen LogP contribution in [0.4, 0.5) is 10.1 Å². The Kier molecular flexibility index (Phi) is 5.60. The van der Waals surface area contributed by atoms with E-state index in [0.717, 1.165) is 21.9 Å². The fourth-order valence-electron chi connectivity index (χ4n) is 4.27. The van der Waals surface area contributed by atoms with Crippen molar-refractivity contribution < 1.29 is 14.3 Å². The number of benzene rings is 4. The lowest BCUT2D eigenvalue weighted by atomic mass is 9.95. The zero-order valence-electron chi connectivity index (χ0n) is 18.8. The summed E-state index contributed by atoms with van der Waals surface area (Å²) < 4.78 is 14.0. The first-order valence-corrected chi connectivity index (χ1v) is 11.1. The summed E-state index contributed by atoms with van der Waals surface area (Å²) in [4.78, 5) is 16.1. The third-order valence-electron chi connectivity index (χ3n) is 6.05. The van der Waals surface area contributed by atoms with Crippen molar-refractivity contribution in [3.63, 3.8) is 0 Å². The number of aliphatic carboxylic acids is 1. The van der Waals surface area contributed by atoms with Gasteiger partial charge in [-0.3, -0.25) is 4.79 Å². The quantitative estimate of drug-likeness (QED) is 0.307. The van der Waals surface area contributed by atoms with Gasteiger partial charge >= 0.3 is 5.97 Å². The minimum absolute atomic E-state index is 0.161. The summed E-state index contributed by atoms with van der Waals surface area (Å²) in [6, 6.07) is 27.3. The lowest BCUT2D eigenvalue weighted by molar-refractivity contribution is -0.137. The predicted octanol–water partition coefficient (Wildman–Crippen LogP) is 6.62. The van der Waals surface area contributed by atoms with Gasteiger partial charge in [0.25, 0.3) is 0 Å². The first-order chi connectivity index (χ1) is 17.0. The molecular formula is C29H20FN3O2. The maximum Gasteiger partial charge on any atom is 0.325 e. The number of nitrogens with zero attached hydrogens (tertiary/aromatic N) is 2. The third kappa shape index (κ3) is 4.04. The number of nitrogens with one attached hydrogen (secondary N) is 1. The molecule has 0 aliphatic rings. The second-order valence-corrected chi connectivity index (χ2v) is 8.29. The van der Waals surface area contributed by atoms with Gasteiger partial charge in [0.15, 0.2) is 0 Å². The number of halogens is 1. The molecule has 5 nitrogen and oxygen atoms in total. The Balaban J connectivity index is 1.66. The van der Waals surface area contributed by atoms with E-state index in [4.69, 9.17) is 0 Å². The Morgan fingerprint density at radius 1 is 0.971 bits per heavy atom. The number of rotatable bonds is 5. The first-order valence-electron chi connectivity index (χ1n) is 11.1. The van der Waals surface area contributed by atoms with Gasteiger partial charge < -0.3 is 10.4 Å². The molecule has 5 aromatic rings. The van der Waals surface area contributed by atoms with E-state index in [0.29, 0.717) is 22.2 Å². The molecule has 0 saturated heterocycles. The third-order valence-corrected chi connectivity index (χ3v) is 6.05. The summed E-state index contributed by atoms with van der Waals surface area (Å²) in [5.74, 6) is -1.59. The van der Waals surface area contributed by atoms with E-state index < -0.39 is 17.8 Å². The van der Waals surface area contributed by atoms with Crippen LogP contribution in [0.1, 0.15) is 12.5 Å². The van der Waals surface area contributed by atoms with Crippen LogP contribution in [0.25, 0.3) is 44.1 Å². The van der Waals surface area contributed by atoms with Crippen LogP contribution in [0.3, 0.4) is 0 Å². The average Bonchev–Trinajstić information content (AvgIpc) is 2.88. The van der Waals surface area contributed by atoms with Crippen molar-refractivity contribution in [1.82, 2.24) is 4.98 Å². The molecule has 0 aliphatic carbocycles. The number of aromatic nitrogens is 1. The number of fused-ring (bicyclic) bond motifs is 2. The number of hydrogen-bond donors (Lipinski definition) is 2. The molecule has 0 bridgehead atoms. The van der Waals surface area contributed by atoms with Crippen LogP contribution >= 0.6 is 0 Å². The van der Waals surface area contributed by atoms with Gasteiger partial charge in [0.05, 0.1) is 16.9 Å². The van der Waals surface area contributed by atoms with Crippen molar-refractivity contribution in [2.45, 2.75) is 13.0 Å². The highest BCUT2D eigenvalue weighted by Crippen LogP contribution is 2.36. The molecule has 5 rings (SSSR count). The van der Waals surface area contributed by atoms with E-state index in [9.17, 15) is 19.6 Å². The van der Waals surface area contributed by atoms with E-state index in [1.54, 1.807) is 0 Å². The molecule has 1 atom stereocenters. The van der Waals surface area contributed by atoms with E-state index >= 15 is 0 Å². The van der Waals surface area contributed by atoms with Gasteiger partial charge in [-0.05, 0) is 47.0 Å². The Hall–Kier alpha value is -4.76. The molecule has 35 heavy (non-hydrogen) atoms. The number of carboxylic acids is 1. The fraction of sp³-hybridized carbons (Fsp3) is 0.0690. The zero-order valence-corrected chi connectivity index (χ0v) is 18.8. The van der Waals surface area contributed by atoms with Gasteiger partial charge in [0.2, 0.25) is 0 Å². The molecule has 1 unspecified atom stereocenters. The predicted molar refractivity (Wildman–Crippen MR) is 136 cm³/mol. The zero-order chi connectivity index (χ0) is 24.5. The average molecular weight is 461 g/mol. The molecule has 0 amide bonds. The van der Waals surface area contributed by atoms with Crippen LogP contribution in [0, 0.1) is 17.1 Å². The molecule has 1 aromatic heterocycles. The van der Waals surface area contributed by atoms with Gasteiger partial charge in [0, 0.05) is 10.9 Å². The van der Waals surface area contributed by atoms with E-state index in [1.807, 2.05) is 42.5 Å². The Labute approximate surface area is 201 Å². The van der Waals surface area contributed by atoms with Gasteiger partial charge in [0.1, 0.15) is 23.5 Å². The molecular weight excluding hydrogens is 441 g/mol. The highest BCUT2D eigenvalue weighted by atomic mass is 19.1. The van der Waals surface area contributed by atoms with Crippen molar-refractivity contribution in [2.24, 2.45) is 0 Å². The van der Waals surface area contributed by atoms with Gasteiger partial charge in [-0.1, -0.05) is 66.7 Å². The van der Waals surface area contributed by atoms with E-state index in [-0.39, 0.29) is 11.3 Å². The Morgan fingerprint density at radius 2 is 1.69 bits per heavy atom.